The summed E-state index contributed by atoms with van der Waals surface area (Å²) in [6.07, 6.45) is 0.957. The summed E-state index contributed by atoms with van der Waals surface area (Å²) in [4.78, 5) is 22.1. The lowest BCUT2D eigenvalue weighted by atomic mass is 10.0. The van der Waals surface area contributed by atoms with Crippen LogP contribution in [0.1, 0.15) is 41.6 Å². The molecule has 0 bridgehead atoms. The van der Waals surface area contributed by atoms with Gasteiger partial charge in [-0.1, -0.05) is 19.1 Å². The zero-order valence-electron chi connectivity index (χ0n) is 20.2. The molecule has 0 atom stereocenters. The number of para-hydroxylation sites is 1. The van der Waals surface area contributed by atoms with Crippen molar-refractivity contribution in [3.63, 3.8) is 0 Å². The van der Waals surface area contributed by atoms with Crippen molar-refractivity contribution >= 4 is 43.8 Å². The lowest BCUT2D eigenvalue weighted by Gasteiger charge is -2.25. The van der Waals surface area contributed by atoms with Gasteiger partial charge in [-0.05, 0) is 62.7 Å². The van der Waals surface area contributed by atoms with E-state index in [4.69, 9.17) is 14.5 Å². The first kappa shape index (κ1) is 23.8. The van der Waals surface area contributed by atoms with Crippen LogP contribution in [0.3, 0.4) is 0 Å². The van der Waals surface area contributed by atoms with Crippen LogP contribution >= 0.6 is 22.7 Å². The van der Waals surface area contributed by atoms with Crippen LogP contribution in [0.25, 0.3) is 20.8 Å². The molecule has 0 radical (unpaired) electrons. The topological polar surface area (TPSA) is 63.7 Å². The Hall–Kier alpha value is -2.94. The molecule has 0 saturated heterocycles. The molecule has 1 N–H and O–H groups in total. The average Bonchev–Trinajstić information content (AvgIpc) is 3.45. The molecule has 0 spiro atoms. The molecule has 6 nitrogen and oxygen atoms in total. The highest BCUT2D eigenvalue weighted by atomic mass is 32.1. The highest BCUT2D eigenvalue weighted by Crippen LogP contribution is 2.46. The fourth-order valence-electron chi connectivity index (χ4n) is 4.39. The largest absolute Gasteiger partial charge is 0.490 e. The Bertz CT molecular complexity index is 1330. The number of nitrogens with zero attached hydrogens (tertiary/aromatic N) is 2. The fraction of sp³-hybridized carbons (Fsp3) is 0.333. The van der Waals surface area contributed by atoms with E-state index in [0.717, 1.165) is 51.8 Å². The number of benzene rings is 2. The Balaban J connectivity index is 1.52. The number of carbonyl (C=O) groups excluding carboxylic acids is 1. The van der Waals surface area contributed by atoms with E-state index in [1.54, 1.807) is 40.9 Å². The van der Waals surface area contributed by atoms with Gasteiger partial charge >= 0.3 is 0 Å². The van der Waals surface area contributed by atoms with E-state index in [9.17, 15) is 4.79 Å². The fourth-order valence-corrected chi connectivity index (χ4v) is 6.78. The monoisotopic (exact) mass is 507 g/mol. The first-order chi connectivity index (χ1) is 17.1. The van der Waals surface area contributed by atoms with Crippen LogP contribution in [0, 0.1) is 0 Å². The van der Waals surface area contributed by atoms with Gasteiger partial charge in [0.25, 0.3) is 5.91 Å². The van der Waals surface area contributed by atoms with Gasteiger partial charge < -0.3 is 14.8 Å². The average molecular weight is 508 g/mol. The number of thiophene rings is 1. The summed E-state index contributed by atoms with van der Waals surface area (Å²) < 4.78 is 12.5. The zero-order chi connectivity index (χ0) is 24.4. The first-order valence-corrected chi connectivity index (χ1v) is 13.7. The smallest absolute Gasteiger partial charge is 0.256 e. The van der Waals surface area contributed by atoms with Gasteiger partial charge in [0.2, 0.25) is 0 Å². The second-order valence-corrected chi connectivity index (χ2v) is 10.4. The Kier molecular flexibility index (Phi) is 7.04. The Labute approximate surface area is 213 Å². The number of rotatable bonds is 8. The van der Waals surface area contributed by atoms with E-state index in [1.807, 2.05) is 32.0 Å². The van der Waals surface area contributed by atoms with Crippen molar-refractivity contribution in [3.05, 3.63) is 58.5 Å². The molecule has 1 amide bonds. The zero-order valence-corrected chi connectivity index (χ0v) is 21.9. The van der Waals surface area contributed by atoms with Crippen molar-refractivity contribution in [3.8, 4) is 22.1 Å². The minimum atomic E-state index is -0.165. The first-order valence-electron chi connectivity index (χ1n) is 12.0. The predicted octanol–water partition coefficient (Wildman–Crippen LogP) is 6.45. The van der Waals surface area contributed by atoms with Crippen LogP contribution in [-0.2, 0) is 13.0 Å². The summed E-state index contributed by atoms with van der Waals surface area (Å²) in [6, 6.07) is 13.5. The van der Waals surface area contributed by atoms with Gasteiger partial charge in [-0.25, -0.2) is 4.98 Å². The number of hydrogen-bond acceptors (Lipinski definition) is 7. The maximum atomic E-state index is 13.4. The third-order valence-corrected chi connectivity index (χ3v) is 8.31. The highest BCUT2D eigenvalue weighted by Gasteiger charge is 2.27. The molecule has 0 fully saturated rings. The Morgan fingerprint density at radius 3 is 2.63 bits per heavy atom. The molecule has 0 saturated carbocycles. The molecule has 3 heterocycles. The van der Waals surface area contributed by atoms with Crippen molar-refractivity contribution in [2.24, 2.45) is 0 Å². The molecule has 1 aliphatic rings. The lowest BCUT2D eigenvalue weighted by Crippen LogP contribution is -2.29. The molecular formula is C27H29N3O3S2. The molecule has 4 aromatic rings. The number of hydrogen-bond donors (Lipinski definition) is 1. The van der Waals surface area contributed by atoms with Crippen LogP contribution in [0.2, 0.25) is 0 Å². The van der Waals surface area contributed by atoms with Crippen molar-refractivity contribution in [1.29, 1.82) is 0 Å². The van der Waals surface area contributed by atoms with Gasteiger partial charge in [0.15, 0.2) is 11.5 Å². The van der Waals surface area contributed by atoms with Crippen LogP contribution in [0.4, 0.5) is 5.00 Å². The maximum Gasteiger partial charge on any atom is 0.256 e. The number of likely N-dealkylation sites (N-methyl/N-ethyl adjacent to an activating group) is 1. The van der Waals surface area contributed by atoms with Crippen molar-refractivity contribution in [2.75, 3.05) is 31.6 Å². The Morgan fingerprint density at radius 1 is 1.06 bits per heavy atom. The van der Waals surface area contributed by atoms with Gasteiger partial charge in [0.05, 0.1) is 23.4 Å². The standard InChI is InChI=1S/C27H29N3O3S2/c1-4-30-14-13-18-23(16-30)35-27(24(18)26-28-19-9-7-8-10-22(19)34-26)29-25(31)17-11-12-20(32-5-2)21(15-17)33-6-3/h7-12,15H,4-6,13-14,16H2,1-3H3,(H,29,31). The molecule has 5 rings (SSSR count). The minimum Gasteiger partial charge on any atom is -0.490 e. The summed E-state index contributed by atoms with van der Waals surface area (Å²) in [5.41, 5.74) is 3.92. The number of nitrogens with one attached hydrogen (secondary N) is 1. The molecule has 0 aliphatic carbocycles. The van der Waals surface area contributed by atoms with Crippen molar-refractivity contribution < 1.29 is 14.3 Å². The number of thiazole rings is 1. The van der Waals surface area contributed by atoms with E-state index in [2.05, 4.69) is 23.2 Å². The summed E-state index contributed by atoms with van der Waals surface area (Å²) >= 11 is 3.35. The highest BCUT2D eigenvalue weighted by molar-refractivity contribution is 7.23. The summed E-state index contributed by atoms with van der Waals surface area (Å²) in [7, 11) is 0. The number of anilines is 1. The van der Waals surface area contributed by atoms with E-state index < -0.39 is 0 Å². The van der Waals surface area contributed by atoms with E-state index in [0.29, 0.717) is 30.3 Å². The third kappa shape index (κ3) is 4.78. The molecular weight excluding hydrogens is 478 g/mol. The van der Waals surface area contributed by atoms with E-state index in [1.165, 1.54) is 10.4 Å². The van der Waals surface area contributed by atoms with Crippen LogP contribution < -0.4 is 14.8 Å². The van der Waals surface area contributed by atoms with E-state index >= 15 is 0 Å². The summed E-state index contributed by atoms with van der Waals surface area (Å²) in [6.45, 7) is 10.0. The van der Waals surface area contributed by atoms with Crippen molar-refractivity contribution in [1.82, 2.24) is 9.88 Å². The number of fused-ring (bicyclic) bond motifs is 2. The normalized spacial score (nSPS) is 13.6. The predicted molar refractivity (Wildman–Crippen MR) is 144 cm³/mol. The molecule has 0 unspecified atom stereocenters. The van der Waals surface area contributed by atoms with Gasteiger partial charge in [0, 0.05) is 29.1 Å². The van der Waals surface area contributed by atoms with E-state index in [-0.39, 0.29) is 5.91 Å². The SMILES string of the molecule is CCOc1ccc(C(=O)Nc2sc3c(c2-c2nc4ccccc4s2)CCN(CC)C3)cc1OCC. The third-order valence-electron chi connectivity index (χ3n) is 6.12. The van der Waals surface area contributed by atoms with Crippen molar-refractivity contribution in [2.45, 2.75) is 33.7 Å². The number of aromatic nitrogens is 1. The quantitative estimate of drug-likeness (QED) is 0.297. The van der Waals surface area contributed by atoms with Gasteiger partial charge in [-0.3, -0.25) is 9.69 Å². The summed E-state index contributed by atoms with van der Waals surface area (Å²) in [5, 5.41) is 5.04. The molecule has 8 heteroatoms. The van der Waals surface area contributed by atoms with Gasteiger partial charge in [0.1, 0.15) is 10.0 Å². The maximum absolute atomic E-state index is 13.4. The molecule has 2 aromatic carbocycles. The number of carbonyl (C=O) groups is 1. The molecule has 35 heavy (non-hydrogen) atoms. The molecule has 182 valence electrons. The number of amides is 1. The lowest BCUT2D eigenvalue weighted by molar-refractivity contribution is 0.102. The van der Waals surface area contributed by atoms with Crippen LogP contribution in [0.5, 0.6) is 11.5 Å². The molecule has 2 aromatic heterocycles. The minimum absolute atomic E-state index is 0.165. The number of ether oxygens (including phenoxy) is 2. The van der Waals surface area contributed by atoms with Gasteiger partial charge in [-0.2, -0.15) is 0 Å². The van der Waals surface area contributed by atoms with Crippen LogP contribution in [-0.4, -0.2) is 42.1 Å². The van der Waals surface area contributed by atoms with Crippen LogP contribution in [0.15, 0.2) is 42.5 Å². The molecule has 1 aliphatic heterocycles. The Morgan fingerprint density at radius 2 is 1.86 bits per heavy atom. The second-order valence-electron chi connectivity index (χ2n) is 8.30. The summed E-state index contributed by atoms with van der Waals surface area (Å²) in [5.74, 6) is 1.06. The second kappa shape index (κ2) is 10.4. The van der Waals surface area contributed by atoms with Gasteiger partial charge in [-0.15, -0.1) is 22.7 Å².